The van der Waals surface area contributed by atoms with Crippen molar-refractivity contribution in [3.8, 4) is 0 Å². The Morgan fingerprint density at radius 1 is 1.33 bits per heavy atom. The predicted octanol–water partition coefficient (Wildman–Crippen LogP) is 2.86. The minimum atomic E-state index is 0.0665. The van der Waals surface area contributed by atoms with Crippen LogP contribution in [0.3, 0.4) is 0 Å². The number of pyridine rings is 1. The molecule has 1 aromatic carbocycles. The molecule has 18 heavy (non-hydrogen) atoms. The Morgan fingerprint density at radius 3 is 2.94 bits per heavy atom. The number of fused-ring (bicyclic) bond motifs is 1. The molecule has 3 rings (SSSR count). The minimum Gasteiger partial charge on any atom is -0.335 e. The van der Waals surface area contributed by atoms with E-state index in [-0.39, 0.29) is 5.91 Å². The van der Waals surface area contributed by atoms with E-state index in [4.69, 9.17) is 0 Å². The first kappa shape index (κ1) is 11.2. The molecule has 1 saturated heterocycles. The minimum absolute atomic E-state index is 0.0665. The maximum absolute atomic E-state index is 12.5. The van der Waals surface area contributed by atoms with Crippen LogP contribution in [0.5, 0.6) is 0 Å². The summed E-state index contributed by atoms with van der Waals surface area (Å²) in [5.41, 5.74) is 0.585. The molecule has 0 unspecified atom stereocenters. The molecule has 1 aliphatic rings. The quantitative estimate of drug-likeness (QED) is 0.768. The van der Waals surface area contributed by atoms with Crippen molar-refractivity contribution in [2.45, 2.75) is 25.8 Å². The van der Waals surface area contributed by atoms with E-state index in [1.165, 1.54) is 0 Å². The molecule has 1 aliphatic heterocycles. The van der Waals surface area contributed by atoms with Crippen LogP contribution in [0.2, 0.25) is 0 Å². The van der Waals surface area contributed by atoms with E-state index in [2.05, 4.69) is 11.9 Å². The molecule has 0 N–H and O–H groups in total. The second-order valence-corrected chi connectivity index (χ2v) is 4.87. The molecule has 1 amide bonds. The van der Waals surface area contributed by atoms with Gasteiger partial charge < -0.3 is 4.90 Å². The Hall–Kier alpha value is -1.90. The molecule has 3 heteroatoms. The van der Waals surface area contributed by atoms with Gasteiger partial charge >= 0.3 is 0 Å². The molecule has 1 atom stereocenters. The zero-order chi connectivity index (χ0) is 12.5. The lowest BCUT2D eigenvalue weighted by Gasteiger charge is -2.21. The highest BCUT2D eigenvalue weighted by Gasteiger charge is 2.27. The van der Waals surface area contributed by atoms with E-state index in [0.29, 0.717) is 11.7 Å². The van der Waals surface area contributed by atoms with Gasteiger partial charge in [-0.3, -0.25) is 9.78 Å². The Labute approximate surface area is 106 Å². The van der Waals surface area contributed by atoms with Gasteiger partial charge in [0, 0.05) is 24.2 Å². The van der Waals surface area contributed by atoms with Crippen molar-refractivity contribution in [1.82, 2.24) is 9.88 Å². The van der Waals surface area contributed by atoms with Gasteiger partial charge in [0.1, 0.15) is 5.69 Å². The number of benzene rings is 1. The fourth-order valence-corrected chi connectivity index (χ4v) is 2.66. The monoisotopic (exact) mass is 240 g/mol. The molecular weight excluding hydrogens is 224 g/mol. The van der Waals surface area contributed by atoms with Crippen molar-refractivity contribution in [2.75, 3.05) is 6.54 Å². The summed E-state index contributed by atoms with van der Waals surface area (Å²) in [4.78, 5) is 18.8. The smallest absolute Gasteiger partial charge is 0.273 e. The Morgan fingerprint density at radius 2 is 2.17 bits per heavy atom. The zero-order valence-electron chi connectivity index (χ0n) is 10.5. The van der Waals surface area contributed by atoms with E-state index in [1.807, 2.05) is 35.2 Å². The number of nitrogens with zero attached hydrogens (tertiary/aromatic N) is 2. The summed E-state index contributed by atoms with van der Waals surface area (Å²) in [5.74, 6) is 0.0665. The van der Waals surface area contributed by atoms with Crippen LogP contribution in [0.4, 0.5) is 0 Å². The van der Waals surface area contributed by atoms with Gasteiger partial charge in [-0.2, -0.15) is 0 Å². The van der Waals surface area contributed by atoms with Gasteiger partial charge in [0.25, 0.3) is 5.91 Å². The van der Waals surface area contributed by atoms with Gasteiger partial charge in [-0.1, -0.05) is 24.3 Å². The summed E-state index contributed by atoms with van der Waals surface area (Å²) in [7, 11) is 0. The van der Waals surface area contributed by atoms with Crippen molar-refractivity contribution in [3.63, 3.8) is 0 Å². The first-order valence-electron chi connectivity index (χ1n) is 6.42. The van der Waals surface area contributed by atoms with Gasteiger partial charge in [0.15, 0.2) is 0 Å². The van der Waals surface area contributed by atoms with Crippen LogP contribution < -0.4 is 0 Å². The molecule has 2 heterocycles. The van der Waals surface area contributed by atoms with Crippen LogP contribution in [-0.2, 0) is 0 Å². The highest BCUT2D eigenvalue weighted by atomic mass is 16.2. The molecule has 3 nitrogen and oxygen atoms in total. The number of hydrogen-bond donors (Lipinski definition) is 0. The first-order valence-corrected chi connectivity index (χ1v) is 6.42. The van der Waals surface area contributed by atoms with Crippen LogP contribution in [0.25, 0.3) is 10.8 Å². The SMILES string of the molecule is C[C@@H]1CCCN1C(=O)c1nccc2ccccc12. The maximum atomic E-state index is 12.5. The molecule has 0 radical (unpaired) electrons. The van der Waals surface area contributed by atoms with Crippen molar-refractivity contribution in [2.24, 2.45) is 0 Å². The third-order valence-electron chi connectivity index (χ3n) is 3.69. The Kier molecular flexibility index (Phi) is 2.74. The average Bonchev–Trinajstić information content (AvgIpc) is 2.83. The molecule has 0 aliphatic carbocycles. The second kappa shape index (κ2) is 4.41. The van der Waals surface area contributed by atoms with Gasteiger partial charge in [0.05, 0.1) is 0 Å². The van der Waals surface area contributed by atoms with Gasteiger partial charge in [-0.25, -0.2) is 0 Å². The summed E-state index contributed by atoms with van der Waals surface area (Å²) in [6.45, 7) is 2.96. The molecule has 2 aromatic rings. The molecular formula is C15H16N2O. The number of carbonyl (C=O) groups is 1. The molecule has 1 fully saturated rings. The molecule has 0 bridgehead atoms. The predicted molar refractivity (Wildman–Crippen MR) is 71.5 cm³/mol. The molecule has 0 saturated carbocycles. The van der Waals surface area contributed by atoms with Crippen molar-refractivity contribution in [3.05, 3.63) is 42.2 Å². The summed E-state index contributed by atoms with van der Waals surface area (Å²) in [5, 5.41) is 2.02. The van der Waals surface area contributed by atoms with E-state index < -0.39 is 0 Å². The number of likely N-dealkylation sites (tertiary alicyclic amines) is 1. The van der Waals surface area contributed by atoms with E-state index in [0.717, 1.165) is 30.2 Å². The van der Waals surface area contributed by atoms with Crippen molar-refractivity contribution < 1.29 is 4.79 Å². The number of amides is 1. The normalized spacial score (nSPS) is 19.4. The third-order valence-corrected chi connectivity index (χ3v) is 3.69. The largest absolute Gasteiger partial charge is 0.335 e. The highest BCUT2D eigenvalue weighted by molar-refractivity contribution is 6.05. The first-order chi connectivity index (χ1) is 8.77. The number of carbonyl (C=O) groups excluding carboxylic acids is 1. The van der Waals surface area contributed by atoms with Crippen LogP contribution in [0.1, 0.15) is 30.3 Å². The topological polar surface area (TPSA) is 33.2 Å². The second-order valence-electron chi connectivity index (χ2n) is 4.87. The lowest BCUT2D eigenvalue weighted by Crippen LogP contribution is -2.34. The van der Waals surface area contributed by atoms with Crippen LogP contribution in [0, 0.1) is 0 Å². The highest BCUT2D eigenvalue weighted by Crippen LogP contribution is 2.22. The lowest BCUT2D eigenvalue weighted by molar-refractivity contribution is 0.0744. The van der Waals surface area contributed by atoms with Gasteiger partial charge in [0.2, 0.25) is 0 Å². The van der Waals surface area contributed by atoms with E-state index in [9.17, 15) is 4.79 Å². The van der Waals surface area contributed by atoms with Crippen molar-refractivity contribution in [1.29, 1.82) is 0 Å². The fourth-order valence-electron chi connectivity index (χ4n) is 2.66. The summed E-state index contributed by atoms with van der Waals surface area (Å²) in [6, 6.07) is 10.2. The average molecular weight is 240 g/mol. The third kappa shape index (κ3) is 1.76. The zero-order valence-corrected chi connectivity index (χ0v) is 10.5. The van der Waals surface area contributed by atoms with Crippen LogP contribution >= 0.6 is 0 Å². The van der Waals surface area contributed by atoms with Crippen LogP contribution in [-0.4, -0.2) is 28.4 Å². The number of rotatable bonds is 1. The van der Waals surface area contributed by atoms with Crippen LogP contribution in [0.15, 0.2) is 36.5 Å². The Bertz CT molecular complexity index is 589. The van der Waals surface area contributed by atoms with Gasteiger partial charge in [-0.05, 0) is 31.2 Å². The number of aromatic nitrogens is 1. The maximum Gasteiger partial charge on any atom is 0.273 e. The number of hydrogen-bond acceptors (Lipinski definition) is 2. The molecule has 1 aromatic heterocycles. The van der Waals surface area contributed by atoms with Crippen molar-refractivity contribution >= 4 is 16.7 Å². The fraction of sp³-hybridized carbons (Fsp3) is 0.333. The lowest BCUT2D eigenvalue weighted by atomic mass is 10.1. The summed E-state index contributed by atoms with van der Waals surface area (Å²) >= 11 is 0. The van der Waals surface area contributed by atoms with Gasteiger partial charge in [-0.15, -0.1) is 0 Å². The summed E-state index contributed by atoms with van der Waals surface area (Å²) < 4.78 is 0. The summed E-state index contributed by atoms with van der Waals surface area (Å²) in [6.07, 6.45) is 3.91. The van der Waals surface area contributed by atoms with E-state index in [1.54, 1.807) is 6.20 Å². The molecule has 92 valence electrons. The standard InChI is InChI=1S/C15H16N2O/c1-11-5-4-10-17(11)15(18)14-13-7-3-2-6-12(13)8-9-16-14/h2-3,6-9,11H,4-5,10H2,1H3/t11-/m1/s1. The van der Waals surface area contributed by atoms with E-state index >= 15 is 0 Å². The Balaban J connectivity index is 2.06. The molecule has 0 spiro atoms.